The zero-order valence-corrected chi connectivity index (χ0v) is 13.6. The first-order valence-corrected chi connectivity index (χ1v) is 8.08. The fourth-order valence-electron chi connectivity index (χ4n) is 2.97. The molecule has 0 radical (unpaired) electrons. The van der Waals surface area contributed by atoms with Gasteiger partial charge in [0.1, 0.15) is 5.75 Å². The van der Waals surface area contributed by atoms with Crippen molar-refractivity contribution in [1.82, 2.24) is 9.80 Å². The van der Waals surface area contributed by atoms with Gasteiger partial charge in [0.15, 0.2) is 0 Å². The van der Waals surface area contributed by atoms with E-state index >= 15 is 0 Å². The molecule has 1 aromatic rings. The number of urea groups is 1. The number of hydrogen-bond donors (Lipinski definition) is 1. The molecular weight excluding hydrogens is 294 g/mol. The van der Waals surface area contributed by atoms with Gasteiger partial charge in [-0.2, -0.15) is 0 Å². The highest BCUT2D eigenvalue weighted by molar-refractivity contribution is 5.91. The largest absolute Gasteiger partial charge is 0.495 e. The molecule has 0 bridgehead atoms. The summed E-state index contributed by atoms with van der Waals surface area (Å²) in [5.74, 6) is 1.62. The summed E-state index contributed by atoms with van der Waals surface area (Å²) in [5, 5.41) is 2.88. The third-order valence-electron chi connectivity index (χ3n) is 4.65. The van der Waals surface area contributed by atoms with Crippen molar-refractivity contribution in [2.45, 2.75) is 13.3 Å². The fourth-order valence-corrected chi connectivity index (χ4v) is 2.97. The van der Waals surface area contributed by atoms with Crippen LogP contribution in [0.15, 0.2) is 24.3 Å². The van der Waals surface area contributed by atoms with E-state index in [9.17, 15) is 9.59 Å². The lowest BCUT2D eigenvalue weighted by Crippen LogP contribution is -2.52. The molecule has 3 rings (SSSR count). The van der Waals surface area contributed by atoms with Gasteiger partial charge in [0.2, 0.25) is 5.91 Å². The molecule has 0 spiro atoms. The van der Waals surface area contributed by atoms with E-state index in [2.05, 4.69) is 12.2 Å². The van der Waals surface area contributed by atoms with Crippen molar-refractivity contribution in [2.75, 3.05) is 38.6 Å². The molecule has 0 unspecified atom stereocenters. The lowest BCUT2D eigenvalue weighted by molar-refractivity contribution is -0.134. The van der Waals surface area contributed by atoms with Gasteiger partial charge >= 0.3 is 6.03 Å². The normalized spacial score (nSPS) is 23.4. The number of nitrogens with one attached hydrogen (secondary N) is 1. The van der Waals surface area contributed by atoms with Crippen molar-refractivity contribution in [3.63, 3.8) is 0 Å². The Kier molecular flexibility index (Phi) is 4.41. The van der Waals surface area contributed by atoms with Crippen molar-refractivity contribution in [2.24, 2.45) is 11.8 Å². The minimum Gasteiger partial charge on any atom is -0.495 e. The van der Waals surface area contributed by atoms with Crippen molar-refractivity contribution in [3.05, 3.63) is 24.3 Å². The van der Waals surface area contributed by atoms with Crippen LogP contribution >= 0.6 is 0 Å². The van der Waals surface area contributed by atoms with E-state index in [-0.39, 0.29) is 17.9 Å². The quantitative estimate of drug-likeness (QED) is 0.928. The van der Waals surface area contributed by atoms with Crippen LogP contribution in [-0.4, -0.2) is 55.0 Å². The maximum absolute atomic E-state index is 12.4. The Labute approximate surface area is 136 Å². The van der Waals surface area contributed by atoms with Crippen molar-refractivity contribution in [1.29, 1.82) is 0 Å². The molecule has 1 aliphatic carbocycles. The number of benzene rings is 1. The van der Waals surface area contributed by atoms with E-state index in [1.165, 1.54) is 0 Å². The number of carbonyl (C=O) groups is 2. The number of piperazine rings is 1. The molecule has 1 heterocycles. The minimum absolute atomic E-state index is 0.151. The Bertz CT molecular complexity index is 597. The van der Waals surface area contributed by atoms with Crippen LogP contribution in [0.4, 0.5) is 10.5 Å². The highest BCUT2D eigenvalue weighted by Gasteiger charge is 2.42. The van der Waals surface area contributed by atoms with Crippen LogP contribution in [0.1, 0.15) is 13.3 Å². The summed E-state index contributed by atoms with van der Waals surface area (Å²) in [6, 6.07) is 7.18. The van der Waals surface area contributed by atoms with Crippen LogP contribution in [0.2, 0.25) is 0 Å². The highest BCUT2D eigenvalue weighted by atomic mass is 16.5. The molecule has 2 fully saturated rings. The second-order valence-electron chi connectivity index (χ2n) is 6.26. The third kappa shape index (κ3) is 3.41. The predicted molar refractivity (Wildman–Crippen MR) is 87.4 cm³/mol. The van der Waals surface area contributed by atoms with Crippen LogP contribution in [-0.2, 0) is 4.79 Å². The van der Waals surface area contributed by atoms with Gasteiger partial charge in [-0.15, -0.1) is 0 Å². The van der Waals surface area contributed by atoms with E-state index in [1.807, 2.05) is 29.2 Å². The topological polar surface area (TPSA) is 61.9 Å². The molecule has 1 saturated carbocycles. The number of methoxy groups -OCH3 is 1. The molecule has 6 nitrogen and oxygen atoms in total. The number of hydrogen-bond acceptors (Lipinski definition) is 3. The molecule has 0 aromatic heterocycles. The average molecular weight is 317 g/mol. The summed E-state index contributed by atoms with van der Waals surface area (Å²) < 4.78 is 5.24. The van der Waals surface area contributed by atoms with E-state index in [0.29, 0.717) is 43.5 Å². The van der Waals surface area contributed by atoms with Crippen LogP contribution in [0.25, 0.3) is 0 Å². The maximum Gasteiger partial charge on any atom is 0.322 e. The standard InChI is InChI=1S/C17H23N3O3/c1-12-11-13(12)16(21)19-7-9-20(10-8-19)17(22)18-14-5-3-4-6-15(14)23-2/h3-6,12-13H,7-11H2,1-2H3,(H,18,22)/t12-,13+/m1/s1. The van der Waals surface area contributed by atoms with Gasteiger partial charge in [-0.25, -0.2) is 4.79 Å². The van der Waals surface area contributed by atoms with Gasteiger partial charge in [-0.1, -0.05) is 19.1 Å². The van der Waals surface area contributed by atoms with Gasteiger partial charge in [0, 0.05) is 32.1 Å². The molecule has 2 atom stereocenters. The molecule has 1 saturated heterocycles. The fraction of sp³-hybridized carbons (Fsp3) is 0.529. The molecule has 6 heteroatoms. The van der Waals surface area contributed by atoms with Gasteiger partial charge in [0.25, 0.3) is 0 Å². The monoisotopic (exact) mass is 317 g/mol. The van der Waals surface area contributed by atoms with Crippen LogP contribution in [0, 0.1) is 11.8 Å². The number of carbonyl (C=O) groups excluding carboxylic acids is 2. The van der Waals surface area contributed by atoms with Crippen molar-refractivity contribution in [3.8, 4) is 5.75 Å². The van der Waals surface area contributed by atoms with E-state index in [0.717, 1.165) is 6.42 Å². The van der Waals surface area contributed by atoms with Crippen LogP contribution in [0.5, 0.6) is 5.75 Å². The Morgan fingerprint density at radius 2 is 1.74 bits per heavy atom. The molecule has 1 N–H and O–H groups in total. The van der Waals surface area contributed by atoms with Crippen molar-refractivity contribution < 1.29 is 14.3 Å². The van der Waals surface area contributed by atoms with Crippen LogP contribution in [0.3, 0.4) is 0 Å². The summed E-state index contributed by atoms with van der Waals surface area (Å²) in [5.41, 5.74) is 0.658. The summed E-state index contributed by atoms with van der Waals surface area (Å²) in [7, 11) is 1.58. The molecule has 1 aromatic carbocycles. The van der Waals surface area contributed by atoms with Crippen molar-refractivity contribution >= 4 is 17.6 Å². The summed E-state index contributed by atoms with van der Waals surface area (Å²) in [4.78, 5) is 28.2. The number of amides is 3. The lowest BCUT2D eigenvalue weighted by Gasteiger charge is -2.35. The second-order valence-corrected chi connectivity index (χ2v) is 6.26. The number of ether oxygens (including phenoxy) is 1. The Hall–Kier alpha value is -2.24. The summed E-state index contributed by atoms with van der Waals surface area (Å²) >= 11 is 0. The summed E-state index contributed by atoms with van der Waals surface area (Å²) in [6.45, 7) is 4.46. The molecule has 1 aliphatic heterocycles. The van der Waals surface area contributed by atoms with Crippen LogP contribution < -0.4 is 10.1 Å². The van der Waals surface area contributed by atoms with Gasteiger partial charge in [0.05, 0.1) is 12.8 Å². The first-order chi connectivity index (χ1) is 11.1. The zero-order valence-electron chi connectivity index (χ0n) is 13.6. The van der Waals surface area contributed by atoms with Gasteiger partial charge in [-0.3, -0.25) is 4.79 Å². The summed E-state index contributed by atoms with van der Waals surface area (Å²) in [6.07, 6.45) is 1.01. The number of anilines is 1. The number of para-hydroxylation sites is 2. The Morgan fingerprint density at radius 1 is 1.13 bits per heavy atom. The van der Waals surface area contributed by atoms with Gasteiger partial charge < -0.3 is 19.9 Å². The minimum atomic E-state index is -0.151. The first kappa shape index (κ1) is 15.6. The lowest BCUT2D eigenvalue weighted by atomic mass is 10.2. The maximum atomic E-state index is 12.4. The molecule has 124 valence electrons. The third-order valence-corrected chi connectivity index (χ3v) is 4.65. The molecular formula is C17H23N3O3. The molecule has 2 aliphatic rings. The molecule has 3 amide bonds. The van der Waals surface area contributed by atoms with E-state index in [4.69, 9.17) is 4.74 Å². The zero-order chi connectivity index (χ0) is 16.4. The predicted octanol–water partition coefficient (Wildman–Crippen LogP) is 2.03. The van der Waals surface area contributed by atoms with E-state index < -0.39 is 0 Å². The Morgan fingerprint density at radius 3 is 2.35 bits per heavy atom. The van der Waals surface area contributed by atoms with E-state index in [1.54, 1.807) is 12.0 Å². The second kappa shape index (κ2) is 6.48. The Balaban J connectivity index is 1.53. The number of rotatable bonds is 3. The SMILES string of the molecule is COc1ccccc1NC(=O)N1CCN(C(=O)[C@H]2C[C@H]2C)CC1. The van der Waals surface area contributed by atoms with Gasteiger partial charge in [-0.05, 0) is 24.5 Å². The highest BCUT2D eigenvalue weighted by Crippen LogP contribution is 2.39. The average Bonchev–Trinajstić information content (AvgIpc) is 3.31. The first-order valence-electron chi connectivity index (χ1n) is 8.08. The molecule has 23 heavy (non-hydrogen) atoms. The smallest absolute Gasteiger partial charge is 0.322 e. The number of nitrogens with zero attached hydrogens (tertiary/aromatic N) is 2.